The van der Waals surface area contributed by atoms with Crippen molar-refractivity contribution in [2.24, 2.45) is 47.0 Å². The largest absolute Gasteiger partial charge is 0.457 e. The third-order valence-electron chi connectivity index (χ3n) is 8.01. The molecule has 0 spiro atoms. The minimum absolute atomic E-state index is 0.400. The van der Waals surface area contributed by atoms with Crippen LogP contribution in [-0.4, -0.2) is 23.8 Å². The Bertz CT molecular complexity index is 1300. The number of allylic oxidation sites excluding steroid dienone is 2. The lowest BCUT2D eigenvalue weighted by Crippen LogP contribution is -2.56. The molecule has 1 saturated heterocycles. The molecule has 9 nitrogen and oxygen atoms in total. The minimum Gasteiger partial charge on any atom is -0.457 e. The van der Waals surface area contributed by atoms with Crippen LogP contribution in [0.4, 0.5) is 5.69 Å². The van der Waals surface area contributed by atoms with Gasteiger partial charge in [0.15, 0.2) is 0 Å². The molecule has 3 aliphatic carbocycles. The van der Waals surface area contributed by atoms with E-state index in [4.69, 9.17) is 20.9 Å². The number of ether oxygens (including phenoxy) is 2. The van der Waals surface area contributed by atoms with Gasteiger partial charge in [-0.3, -0.25) is 19.2 Å². The predicted molar refractivity (Wildman–Crippen MR) is 138 cm³/mol. The number of benzene rings is 2. The second-order valence-corrected chi connectivity index (χ2v) is 10.6. The number of cyclic esters (lactones) is 2. The molecule has 6 rings (SSSR count). The van der Waals surface area contributed by atoms with Gasteiger partial charge in [-0.2, -0.15) is 0 Å². The third-order valence-corrected chi connectivity index (χ3v) is 8.01. The Labute approximate surface area is 220 Å². The van der Waals surface area contributed by atoms with E-state index >= 15 is 0 Å². The molecule has 7 atom stereocenters. The maximum Gasteiger partial charge on any atom is 0.318 e. The number of primary amides is 1. The van der Waals surface area contributed by atoms with Gasteiger partial charge in [0, 0.05) is 23.1 Å². The zero-order chi connectivity index (χ0) is 27.2. The zero-order valence-electron chi connectivity index (χ0n) is 21.3. The van der Waals surface area contributed by atoms with Gasteiger partial charge in [0.1, 0.15) is 11.5 Å². The Balaban J connectivity index is 1.28. The van der Waals surface area contributed by atoms with Gasteiger partial charge in [-0.05, 0) is 55.3 Å². The SMILES string of the molecule is CCCC(C)(N)c1ccc(Oc2ccc(NC(=O)C3C4C=CC(C3C(N)=O)C3C(=O)OC(=O)C43)cc2)cc1. The van der Waals surface area contributed by atoms with Gasteiger partial charge in [-0.15, -0.1) is 0 Å². The second kappa shape index (κ2) is 9.72. The van der Waals surface area contributed by atoms with Crippen molar-refractivity contribution < 1.29 is 28.7 Å². The van der Waals surface area contributed by atoms with E-state index in [1.165, 1.54) is 0 Å². The molecule has 9 heteroatoms. The summed E-state index contributed by atoms with van der Waals surface area (Å²) in [5, 5.41) is 2.83. The van der Waals surface area contributed by atoms with Crippen LogP contribution in [0.1, 0.15) is 32.3 Å². The number of nitrogens with one attached hydrogen (secondary N) is 1. The van der Waals surface area contributed by atoms with Crippen LogP contribution in [0.2, 0.25) is 0 Å². The molecule has 4 aliphatic rings. The van der Waals surface area contributed by atoms with Crippen LogP contribution >= 0.6 is 0 Å². The van der Waals surface area contributed by atoms with Crippen LogP contribution in [0.3, 0.4) is 0 Å². The van der Waals surface area contributed by atoms with Gasteiger partial charge in [-0.1, -0.05) is 37.6 Å². The summed E-state index contributed by atoms with van der Waals surface area (Å²) in [4.78, 5) is 50.3. The Morgan fingerprint density at radius 2 is 1.45 bits per heavy atom. The van der Waals surface area contributed by atoms with Crippen LogP contribution in [0.5, 0.6) is 11.5 Å². The van der Waals surface area contributed by atoms with E-state index in [1.54, 1.807) is 36.4 Å². The summed E-state index contributed by atoms with van der Waals surface area (Å²) in [6.45, 7) is 4.11. The molecule has 198 valence electrons. The van der Waals surface area contributed by atoms with Crippen molar-refractivity contribution in [2.75, 3.05) is 5.32 Å². The highest BCUT2D eigenvalue weighted by molar-refractivity contribution is 6.02. The molecule has 2 aromatic carbocycles. The lowest BCUT2D eigenvalue weighted by Gasteiger charge is -2.46. The highest BCUT2D eigenvalue weighted by atomic mass is 16.6. The first kappa shape index (κ1) is 25.7. The van der Waals surface area contributed by atoms with Crippen LogP contribution in [0.25, 0.3) is 0 Å². The standard InChI is InChI=1S/C29H31N3O6/c1-3-14-29(2,31)15-4-8-17(9-5-15)37-18-10-6-16(7-11-18)32-26(34)22-20-13-12-19(21(22)25(30)33)23-24(20)28(36)38-27(23)35/h4-13,19-24H,3,14,31H2,1-2H3,(H2,30,33)(H,32,34). The maximum atomic E-state index is 13.4. The number of rotatable bonds is 8. The summed E-state index contributed by atoms with van der Waals surface area (Å²) >= 11 is 0. The number of esters is 2. The predicted octanol–water partition coefficient (Wildman–Crippen LogP) is 3.24. The van der Waals surface area contributed by atoms with E-state index in [1.807, 2.05) is 31.2 Å². The first-order chi connectivity index (χ1) is 18.1. The van der Waals surface area contributed by atoms with Crippen LogP contribution < -0.4 is 21.5 Å². The van der Waals surface area contributed by atoms with Gasteiger partial charge < -0.3 is 26.3 Å². The lowest BCUT2D eigenvalue weighted by atomic mass is 9.53. The van der Waals surface area contributed by atoms with Gasteiger partial charge in [0.2, 0.25) is 11.8 Å². The molecule has 2 aromatic rings. The maximum absolute atomic E-state index is 13.4. The lowest BCUT2D eigenvalue weighted by molar-refractivity contribution is -0.154. The number of carbonyl (C=O) groups excluding carboxylic acids is 4. The minimum atomic E-state index is -0.914. The van der Waals surface area contributed by atoms with Crippen LogP contribution in [0, 0.1) is 35.5 Å². The third kappa shape index (κ3) is 4.47. The molecule has 0 aromatic heterocycles. The number of hydrogen-bond donors (Lipinski definition) is 3. The zero-order valence-corrected chi connectivity index (χ0v) is 21.3. The smallest absolute Gasteiger partial charge is 0.318 e. The van der Waals surface area contributed by atoms with E-state index in [-0.39, 0.29) is 0 Å². The Kier molecular flexibility index (Phi) is 6.56. The molecule has 1 saturated carbocycles. The van der Waals surface area contributed by atoms with E-state index in [0.29, 0.717) is 17.2 Å². The van der Waals surface area contributed by atoms with Gasteiger partial charge in [-0.25, -0.2) is 0 Å². The molecule has 1 heterocycles. The number of fused-ring (bicyclic) bond motifs is 1. The molecular weight excluding hydrogens is 486 g/mol. The number of carbonyl (C=O) groups is 4. The van der Waals surface area contributed by atoms with Crippen molar-refractivity contribution in [1.29, 1.82) is 0 Å². The monoisotopic (exact) mass is 517 g/mol. The number of hydrogen-bond acceptors (Lipinski definition) is 7. The van der Waals surface area contributed by atoms with Gasteiger partial charge in [0.25, 0.3) is 0 Å². The highest BCUT2D eigenvalue weighted by Gasteiger charge is 2.64. The second-order valence-electron chi connectivity index (χ2n) is 10.6. The quantitative estimate of drug-likeness (QED) is 0.276. The average Bonchev–Trinajstić information content (AvgIpc) is 3.20. The molecule has 7 unspecified atom stereocenters. The fourth-order valence-electron chi connectivity index (χ4n) is 6.22. The van der Waals surface area contributed by atoms with Gasteiger partial charge >= 0.3 is 11.9 Å². The van der Waals surface area contributed by atoms with Crippen molar-refractivity contribution in [3.8, 4) is 11.5 Å². The molecular formula is C29H31N3O6. The summed E-state index contributed by atoms with van der Waals surface area (Å²) in [7, 11) is 0. The number of anilines is 1. The van der Waals surface area contributed by atoms with E-state index < -0.39 is 64.8 Å². The molecule has 0 radical (unpaired) electrons. The normalized spacial score (nSPS) is 28.8. The fourth-order valence-corrected chi connectivity index (χ4v) is 6.22. The van der Waals surface area contributed by atoms with E-state index in [0.717, 1.165) is 18.4 Å². The fraction of sp³-hybridized carbons (Fsp3) is 0.379. The summed E-state index contributed by atoms with van der Waals surface area (Å²) in [6.07, 6.45) is 5.31. The van der Waals surface area contributed by atoms with Crippen molar-refractivity contribution in [3.63, 3.8) is 0 Å². The first-order valence-corrected chi connectivity index (χ1v) is 12.8. The topological polar surface area (TPSA) is 151 Å². The van der Waals surface area contributed by atoms with Gasteiger partial charge in [0.05, 0.1) is 23.7 Å². The number of nitrogens with two attached hydrogens (primary N) is 2. The van der Waals surface area contributed by atoms with Crippen molar-refractivity contribution in [3.05, 3.63) is 66.2 Å². The van der Waals surface area contributed by atoms with Crippen molar-refractivity contribution >= 4 is 29.4 Å². The van der Waals surface area contributed by atoms with E-state index in [9.17, 15) is 19.2 Å². The molecule has 1 aliphatic heterocycles. The Hall–Kier alpha value is -3.98. The van der Waals surface area contributed by atoms with Crippen molar-refractivity contribution in [1.82, 2.24) is 0 Å². The number of amides is 2. The Morgan fingerprint density at radius 1 is 0.921 bits per heavy atom. The van der Waals surface area contributed by atoms with Crippen LogP contribution in [-0.2, 0) is 29.5 Å². The molecule has 5 N–H and O–H groups in total. The Morgan fingerprint density at radius 3 is 1.97 bits per heavy atom. The van der Waals surface area contributed by atoms with Crippen LogP contribution in [0.15, 0.2) is 60.7 Å². The average molecular weight is 518 g/mol. The summed E-state index contributed by atoms with van der Waals surface area (Å²) in [5.74, 6) is -5.90. The molecule has 2 fully saturated rings. The first-order valence-electron chi connectivity index (χ1n) is 12.8. The molecule has 2 amide bonds. The van der Waals surface area contributed by atoms with E-state index in [2.05, 4.69) is 12.2 Å². The molecule has 2 bridgehead atoms. The highest BCUT2D eigenvalue weighted by Crippen LogP contribution is 2.54. The summed E-state index contributed by atoms with van der Waals surface area (Å²) < 4.78 is 10.8. The van der Waals surface area contributed by atoms with Crippen molar-refractivity contribution in [2.45, 2.75) is 32.2 Å². The summed E-state index contributed by atoms with van der Waals surface area (Å²) in [6, 6.07) is 14.5. The summed E-state index contributed by atoms with van der Waals surface area (Å²) in [5.41, 5.74) is 13.2. The molecule has 38 heavy (non-hydrogen) atoms.